The molecule has 1 amide bonds. The van der Waals surface area contributed by atoms with Crippen molar-refractivity contribution < 1.29 is 17.9 Å². The van der Waals surface area contributed by atoms with Crippen molar-refractivity contribution in [1.29, 1.82) is 0 Å². The Hall–Kier alpha value is -1.79. The molecule has 0 radical (unpaired) electrons. The average Bonchev–Trinajstić information content (AvgIpc) is 3.42. The van der Waals surface area contributed by atoms with Gasteiger partial charge in [0.15, 0.2) is 5.13 Å². The van der Waals surface area contributed by atoms with Crippen LogP contribution in [0.4, 0.5) is 5.13 Å². The molecule has 2 heterocycles. The third kappa shape index (κ3) is 8.43. The number of sulfonamides is 1. The van der Waals surface area contributed by atoms with Gasteiger partial charge in [-0.25, -0.2) is 13.4 Å². The zero-order valence-corrected chi connectivity index (χ0v) is 27.9. The number of ether oxygens (including phenoxy) is 1. The lowest BCUT2D eigenvalue weighted by atomic mass is 10.2. The van der Waals surface area contributed by atoms with E-state index in [-0.39, 0.29) is 23.2 Å². The van der Waals surface area contributed by atoms with E-state index in [1.807, 2.05) is 19.1 Å². The van der Waals surface area contributed by atoms with Crippen LogP contribution in [0.1, 0.15) is 61.9 Å². The number of halogens is 2. The average molecular weight is 658 g/mol. The Morgan fingerprint density at radius 2 is 1.64 bits per heavy atom. The normalized spacial score (nSPS) is 14.3. The smallest absolute Gasteiger partial charge is 0.260 e. The molecule has 12 heteroatoms. The highest BCUT2D eigenvalue weighted by molar-refractivity contribution is 7.89. The van der Waals surface area contributed by atoms with Crippen LogP contribution in [0.15, 0.2) is 41.3 Å². The summed E-state index contributed by atoms with van der Waals surface area (Å²) < 4.78 is 34.9. The minimum absolute atomic E-state index is 0. The molecule has 0 spiro atoms. The van der Waals surface area contributed by atoms with E-state index in [4.69, 9.17) is 21.3 Å². The van der Waals surface area contributed by atoms with Crippen LogP contribution in [0.2, 0.25) is 5.02 Å². The van der Waals surface area contributed by atoms with Crippen LogP contribution in [0.3, 0.4) is 0 Å². The molecule has 0 unspecified atom stereocenters. The topological polar surface area (TPSA) is 83.1 Å². The Balaban J connectivity index is 0.00000484. The Morgan fingerprint density at radius 1 is 1.00 bits per heavy atom. The van der Waals surface area contributed by atoms with Gasteiger partial charge in [0, 0.05) is 49.9 Å². The maximum absolute atomic E-state index is 13.9. The van der Waals surface area contributed by atoms with Gasteiger partial charge in [0.1, 0.15) is 0 Å². The molecule has 2 aromatic carbocycles. The van der Waals surface area contributed by atoms with Crippen molar-refractivity contribution >= 4 is 66.6 Å². The first-order valence-electron chi connectivity index (χ1n) is 14.5. The second kappa shape index (κ2) is 16.3. The maximum atomic E-state index is 13.9. The molecule has 0 aliphatic carbocycles. The number of thiazole rings is 1. The van der Waals surface area contributed by atoms with E-state index in [9.17, 15) is 13.2 Å². The molecule has 0 N–H and O–H groups in total. The SMILES string of the molecule is CCCCN(CCCC)S(=O)(=O)c1ccc(C(=O)N(CCCN2CCOCC2)c2nc3c(C)c(Cl)ccc3s2)cc1.Cl. The second-order valence-electron chi connectivity index (χ2n) is 10.4. The summed E-state index contributed by atoms with van der Waals surface area (Å²) >= 11 is 7.81. The van der Waals surface area contributed by atoms with E-state index in [1.54, 1.807) is 33.5 Å². The molecule has 4 rings (SSSR count). The molecule has 1 aromatic heterocycles. The number of morpholine rings is 1. The number of carbonyl (C=O) groups excluding carboxylic acids is 1. The molecular weight excluding hydrogens is 615 g/mol. The minimum atomic E-state index is -3.64. The molecule has 0 bridgehead atoms. The van der Waals surface area contributed by atoms with Crippen LogP contribution in [-0.2, 0) is 14.8 Å². The van der Waals surface area contributed by atoms with E-state index in [2.05, 4.69) is 18.7 Å². The molecule has 0 atom stereocenters. The number of aryl methyl sites for hydroxylation is 1. The summed E-state index contributed by atoms with van der Waals surface area (Å²) in [5.41, 5.74) is 2.11. The fourth-order valence-corrected chi connectivity index (χ4v) is 7.58. The Labute approximate surface area is 265 Å². The monoisotopic (exact) mass is 656 g/mol. The maximum Gasteiger partial charge on any atom is 0.260 e. The Kier molecular flexibility index (Phi) is 13.5. The number of anilines is 1. The molecule has 8 nitrogen and oxygen atoms in total. The van der Waals surface area contributed by atoms with Crippen LogP contribution in [0, 0.1) is 6.92 Å². The van der Waals surface area contributed by atoms with Gasteiger partial charge in [-0.3, -0.25) is 14.6 Å². The summed E-state index contributed by atoms with van der Waals surface area (Å²) in [5, 5.41) is 1.25. The fourth-order valence-electron chi connectivity index (χ4n) is 4.86. The second-order valence-corrected chi connectivity index (χ2v) is 13.8. The summed E-state index contributed by atoms with van der Waals surface area (Å²) in [6.07, 6.45) is 4.24. The van der Waals surface area contributed by atoms with Gasteiger partial charge in [-0.05, 0) is 68.1 Å². The molecular formula is C30H42Cl2N4O4S2. The number of fused-ring (bicyclic) bond motifs is 1. The first kappa shape index (κ1) is 34.7. The van der Waals surface area contributed by atoms with Crippen LogP contribution >= 0.6 is 35.3 Å². The highest BCUT2D eigenvalue weighted by Gasteiger charge is 2.26. The standard InChI is InChI=1S/C30H41ClN4O4S2.ClH/c1-4-6-16-34(17-7-5-2)41(37,38)25-11-9-24(10-12-25)29(36)35(18-8-15-33-19-21-39-22-20-33)30-32-28-23(3)26(31)13-14-27(28)40-30;/h9-14H,4-8,15-22H2,1-3H3;1H. The van der Waals surface area contributed by atoms with Gasteiger partial charge in [0.25, 0.3) is 5.91 Å². The number of carbonyl (C=O) groups is 1. The molecule has 1 aliphatic rings. The number of nitrogens with zero attached hydrogens (tertiary/aromatic N) is 4. The molecule has 42 heavy (non-hydrogen) atoms. The van der Waals surface area contributed by atoms with Crippen LogP contribution < -0.4 is 4.90 Å². The first-order chi connectivity index (χ1) is 19.8. The Morgan fingerprint density at radius 3 is 2.26 bits per heavy atom. The van der Waals surface area contributed by atoms with Crippen LogP contribution in [-0.4, -0.2) is 81.0 Å². The summed E-state index contributed by atoms with van der Waals surface area (Å²) in [6.45, 7) is 11.6. The highest BCUT2D eigenvalue weighted by atomic mass is 35.5. The predicted molar refractivity (Wildman–Crippen MR) is 175 cm³/mol. The predicted octanol–water partition coefficient (Wildman–Crippen LogP) is 6.64. The highest BCUT2D eigenvalue weighted by Crippen LogP contribution is 2.34. The number of hydrogen-bond donors (Lipinski definition) is 0. The fraction of sp³-hybridized carbons (Fsp3) is 0.533. The van der Waals surface area contributed by atoms with Gasteiger partial charge in [-0.15, -0.1) is 12.4 Å². The van der Waals surface area contributed by atoms with E-state index >= 15 is 0 Å². The van der Waals surface area contributed by atoms with Crippen LogP contribution in [0.5, 0.6) is 0 Å². The lowest BCUT2D eigenvalue weighted by molar-refractivity contribution is 0.0376. The summed E-state index contributed by atoms with van der Waals surface area (Å²) in [7, 11) is -3.64. The van der Waals surface area contributed by atoms with E-state index < -0.39 is 10.0 Å². The molecule has 1 saturated heterocycles. The van der Waals surface area contributed by atoms with Gasteiger partial charge in [-0.2, -0.15) is 4.31 Å². The summed E-state index contributed by atoms with van der Waals surface area (Å²) in [6, 6.07) is 10.2. The van der Waals surface area contributed by atoms with Crippen molar-refractivity contribution in [3.8, 4) is 0 Å². The van der Waals surface area contributed by atoms with Crippen molar-refractivity contribution in [2.75, 3.05) is 57.4 Å². The minimum Gasteiger partial charge on any atom is -0.379 e. The third-order valence-electron chi connectivity index (χ3n) is 7.43. The van der Waals surface area contributed by atoms with E-state index in [0.717, 1.165) is 80.7 Å². The zero-order valence-electron chi connectivity index (χ0n) is 24.7. The van der Waals surface area contributed by atoms with Gasteiger partial charge in [0.05, 0.1) is 28.3 Å². The Bertz CT molecular complexity index is 1400. The molecule has 1 aliphatic heterocycles. The van der Waals surface area contributed by atoms with Crippen molar-refractivity contribution in [3.05, 3.63) is 52.5 Å². The number of unbranched alkanes of at least 4 members (excludes halogenated alkanes) is 2. The zero-order chi connectivity index (χ0) is 29.4. The number of benzene rings is 2. The third-order valence-corrected chi connectivity index (χ3v) is 10.8. The van der Waals surface area contributed by atoms with Gasteiger partial charge >= 0.3 is 0 Å². The number of amides is 1. The number of aromatic nitrogens is 1. The van der Waals surface area contributed by atoms with Gasteiger partial charge in [-0.1, -0.05) is 49.6 Å². The van der Waals surface area contributed by atoms with E-state index in [1.165, 1.54) is 11.3 Å². The van der Waals surface area contributed by atoms with Crippen LogP contribution in [0.25, 0.3) is 10.2 Å². The van der Waals surface area contributed by atoms with Gasteiger partial charge in [0.2, 0.25) is 10.0 Å². The number of rotatable bonds is 14. The van der Waals surface area contributed by atoms with Gasteiger partial charge < -0.3 is 4.74 Å². The molecule has 3 aromatic rings. The summed E-state index contributed by atoms with van der Waals surface area (Å²) in [4.78, 5) is 23.0. The largest absolute Gasteiger partial charge is 0.379 e. The molecule has 0 saturated carbocycles. The quantitative estimate of drug-likeness (QED) is 0.193. The summed E-state index contributed by atoms with van der Waals surface area (Å²) in [5.74, 6) is -0.201. The van der Waals surface area contributed by atoms with Crippen molar-refractivity contribution in [2.24, 2.45) is 0 Å². The molecule has 1 fully saturated rings. The lowest BCUT2D eigenvalue weighted by Gasteiger charge is -2.27. The van der Waals surface area contributed by atoms with Crippen molar-refractivity contribution in [2.45, 2.75) is 57.8 Å². The first-order valence-corrected chi connectivity index (χ1v) is 17.2. The molecule has 232 valence electrons. The number of hydrogen-bond acceptors (Lipinski definition) is 7. The van der Waals surface area contributed by atoms with Crippen molar-refractivity contribution in [1.82, 2.24) is 14.2 Å². The lowest BCUT2D eigenvalue weighted by Crippen LogP contribution is -2.39. The van der Waals surface area contributed by atoms with Crippen molar-refractivity contribution in [3.63, 3.8) is 0 Å². The van der Waals surface area contributed by atoms with E-state index in [0.29, 0.717) is 35.4 Å².